The lowest BCUT2D eigenvalue weighted by molar-refractivity contribution is -0.384. The maximum absolute atomic E-state index is 12.0. The number of benzene rings is 2. The Balaban J connectivity index is 2.07. The summed E-state index contributed by atoms with van der Waals surface area (Å²) in [6.45, 7) is -0.294. The zero-order chi connectivity index (χ0) is 19.1. The lowest BCUT2D eigenvalue weighted by Crippen LogP contribution is -2.20. The average Bonchev–Trinajstić information content (AvgIpc) is 2.60. The highest BCUT2D eigenvalue weighted by Gasteiger charge is 2.09. The normalized spacial score (nSPS) is 10.5. The zero-order valence-corrected chi connectivity index (χ0v) is 14.8. The quantitative estimate of drug-likeness (QED) is 0.400. The number of hydrogen-bond donors (Lipinski definition) is 2. The van der Waals surface area contributed by atoms with Gasteiger partial charge in [0.25, 0.3) is 17.5 Å². The first kappa shape index (κ1) is 19.1. The summed E-state index contributed by atoms with van der Waals surface area (Å²) < 4.78 is 6.01. The second-order valence-corrected chi connectivity index (χ2v) is 5.86. The van der Waals surface area contributed by atoms with E-state index in [0.717, 1.165) is 4.47 Å². The molecule has 0 heterocycles. The number of nitrogens with one attached hydrogen (secondary N) is 1. The Hall–Kier alpha value is -3.27. The van der Waals surface area contributed by atoms with Gasteiger partial charge in [0.15, 0.2) is 6.61 Å². The van der Waals surface area contributed by atoms with E-state index >= 15 is 0 Å². The number of non-ortho nitro benzene ring substituents is 1. The topological polar surface area (TPSA) is 137 Å². The van der Waals surface area contributed by atoms with E-state index in [-0.39, 0.29) is 17.9 Å². The van der Waals surface area contributed by atoms with Crippen LogP contribution in [0.4, 0.5) is 5.69 Å². The van der Waals surface area contributed by atoms with Crippen LogP contribution in [0.15, 0.2) is 52.0 Å². The Labute approximate surface area is 156 Å². The third-order valence-corrected chi connectivity index (χ3v) is 3.55. The van der Waals surface area contributed by atoms with Crippen molar-refractivity contribution in [2.75, 3.05) is 6.61 Å². The molecule has 0 aliphatic heterocycles. The van der Waals surface area contributed by atoms with Crippen molar-refractivity contribution in [1.82, 2.24) is 5.43 Å². The van der Waals surface area contributed by atoms with Gasteiger partial charge in [-0.1, -0.05) is 15.9 Å². The fourth-order valence-electron chi connectivity index (χ4n) is 1.86. The zero-order valence-electron chi connectivity index (χ0n) is 13.2. The Kier molecular flexibility index (Phi) is 6.39. The Morgan fingerprint density at radius 1 is 1.27 bits per heavy atom. The minimum absolute atomic E-state index is 0.115. The van der Waals surface area contributed by atoms with Gasteiger partial charge < -0.3 is 10.5 Å². The van der Waals surface area contributed by atoms with Crippen LogP contribution in [-0.4, -0.2) is 29.6 Å². The number of primary amides is 1. The van der Waals surface area contributed by atoms with E-state index in [0.29, 0.717) is 11.3 Å². The molecule has 2 amide bonds. The number of ether oxygens (including phenoxy) is 1. The number of nitrogens with zero attached hydrogens (tertiary/aromatic N) is 2. The molecule has 0 atom stereocenters. The molecule has 0 aromatic heterocycles. The highest BCUT2D eigenvalue weighted by atomic mass is 79.9. The third-order valence-electron chi connectivity index (χ3n) is 3.05. The maximum atomic E-state index is 12.0. The van der Waals surface area contributed by atoms with Gasteiger partial charge in [0.2, 0.25) is 0 Å². The fraction of sp³-hybridized carbons (Fsp3) is 0.0625. The van der Waals surface area contributed by atoms with E-state index < -0.39 is 16.7 Å². The van der Waals surface area contributed by atoms with Crippen LogP contribution in [0, 0.1) is 10.1 Å². The number of nitro groups is 1. The second kappa shape index (κ2) is 8.72. The summed E-state index contributed by atoms with van der Waals surface area (Å²) in [6.07, 6.45) is 1.34. The largest absolute Gasteiger partial charge is 0.483 e. The van der Waals surface area contributed by atoms with E-state index in [1.165, 1.54) is 30.5 Å². The van der Waals surface area contributed by atoms with Gasteiger partial charge in [-0.05, 0) is 30.3 Å². The minimum atomic E-state index is -0.623. The third kappa shape index (κ3) is 5.38. The van der Waals surface area contributed by atoms with E-state index in [1.807, 2.05) is 0 Å². The summed E-state index contributed by atoms with van der Waals surface area (Å²) in [5, 5.41) is 14.4. The first-order valence-electron chi connectivity index (χ1n) is 7.15. The number of hydrazone groups is 1. The van der Waals surface area contributed by atoms with Crippen LogP contribution >= 0.6 is 15.9 Å². The van der Waals surface area contributed by atoms with Crippen molar-refractivity contribution in [2.45, 2.75) is 0 Å². The van der Waals surface area contributed by atoms with Crippen molar-refractivity contribution >= 4 is 39.6 Å². The first-order chi connectivity index (χ1) is 12.4. The van der Waals surface area contributed by atoms with Crippen molar-refractivity contribution in [3.63, 3.8) is 0 Å². The number of nitrogens with two attached hydrogens (primary N) is 1. The summed E-state index contributed by atoms with van der Waals surface area (Å²) in [5.74, 6) is -0.798. The Bertz CT molecular complexity index is 867. The fourth-order valence-corrected chi connectivity index (χ4v) is 2.24. The number of rotatable bonds is 7. The molecule has 0 spiro atoms. The summed E-state index contributed by atoms with van der Waals surface area (Å²) >= 11 is 3.30. The molecule has 10 heteroatoms. The van der Waals surface area contributed by atoms with E-state index in [2.05, 4.69) is 26.5 Å². The van der Waals surface area contributed by atoms with Gasteiger partial charge in [0, 0.05) is 27.7 Å². The second-order valence-electron chi connectivity index (χ2n) is 4.94. The molecule has 0 radical (unpaired) electrons. The van der Waals surface area contributed by atoms with Gasteiger partial charge in [0.05, 0.1) is 11.1 Å². The number of carbonyl (C=O) groups excluding carboxylic acids is 2. The van der Waals surface area contributed by atoms with Crippen LogP contribution in [0.3, 0.4) is 0 Å². The number of halogens is 1. The highest BCUT2D eigenvalue weighted by Crippen LogP contribution is 2.21. The molecule has 0 unspecified atom stereocenters. The molecule has 3 N–H and O–H groups in total. The minimum Gasteiger partial charge on any atom is -0.483 e. The molecule has 2 aromatic carbocycles. The smallest absolute Gasteiger partial charge is 0.271 e. The summed E-state index contributed by atoms with van der Waals surface area (Å²) in [5.41, 5.74) is 7.96. The number of carbonyl (C=O) groups is 2. The maximum Gasteiger partial charge on any atom is 0.271 e. The molecule has 9 nitrogen and oxygen atoms in total. The first-order valence-corrected chi connectivity index (χ1v) is 7.94. The predicted molar refractivity (Wildman–Crippen MR) is 97.0 cm³/mol. The molecular weight excluding hydrogens is 408 g/mol. The average molecular weight is 421 g/mol. The van der Waals surface area contributed by atoms with E-state index in [4.69, 9.17) is 10.5 Å². The van der Waals surface area contributed by atoms with Crippen LogP contribution in [0.25, 0.3) is 0 Å². The van der Waals surface area contributed by atoms with Crippen molar-refractivity contribution in [2.24, 2.45) is 10.8 Å². The molecule has 26 heavy (non-hydrogen) atoms. The van der Waals surface area contributed by atoms with E-state index in [1.54, 1.807) is 18.2 Å². The van der Waals surface area contributed by atoms with Gasteiger partial charge in [-0.15, -0.1) is 0 Å². The number of hydrogen-bond acceptors (Lipinski definition) is 6. The van der Waals surface area contributed by atoms with Crippen LogP contribution in [-0.2, 0) is 4.79 Å². The van der Waals surface area contributed by atoms with Gasteiger partial charge in [-0.2, -0.15) is 5.10 Å². The van der Waals surface area contributed by atoms with Crippen LogP contribution in [0.1, 0.15) is 15.9 Å². The van der Waals surface area contributed by atoms with Crippen molar-refractivity contribution in [3.05, 3.63) is 68.2 Å². The molecular formula is C16H13BrN4O5. The number of nitro benzene ring substituents is 1. The molecule has 0 saturated carbocycles. The van der Waals surface area contributed by atoms with Gasteiger partial charge in [0.1, 0.15) is 5.75 Å². The molecule has 0 fully saturated rings. The summed E-state index contributed by atoms with van der Waals surface area (Å²) in [7, 11) is 0. The van der Waals surface area contributed by atoms with Gasteiger partial charge >= 0.3 is 0 Å². The van der Waals surface area contributed by atoms with Crippen molar-refractivity contribution in [3.8, 4) is 5.75 Å². The van der Waals surface area contributed by atoms with Crippen LogP contribution in [0.5, 0.6) is 5.75 Å². The molecule has 134 valence electrons. The lowest BCUT2D eigenvalue weighted by Gasteiger charge is -2.07. The lowest BCUT2D eigenvalue weighted by atomic mass is 10.2. The molecule has 0 saturated heterocycles. The Morgan fingerprint density at radius 3 is 2.58 bits per heavy atom. The standard InChI is InChI=1S/C16H13BrN4O5/c17-12-3-6-14(26-9-15(18)22)11(7-12)8-19-20-16(23)10-1-4-13(5-2-10)21(24)25/h1-8H,9H2,(H2,18,22)(H,20,23)/b19-8+. The van der Waals surface area contributed by atoms with E-state index in [9.17, 15) is 19.7 Å². The SMILES string of the molecule is NC(=O)COc1ccc(Br)cc1/C=N/NC(=O)c1ccc([N+](=O)[O-])cc1. The highest BCUT2D eigenvalue weighted by molar-refractivity contribution is 9.10. The Morgan fingerprint density at radius 2 is 1.96 bits per heavy atom. The van der Waals surface area contributed by atoms with Crippen LogP contribution in [0.2, 0.25) is 0 Å². The molecule has 2 rings (SSSR count). The molecule has 0 bridgehead atoms. The van der Waals surface area contributed by atoms with Gasteiger partial charge in [-0.25, -0.2) is 5.43 Å². The summed E-state index contributed by atoms with van der Waals surface area (Å²) in [4.78, 5) is 32.9. The van der Waals surface area contributed by atoms with Crippen molar-refractivity contribution < 1.29 is 19.2 Å². The van der Waals surface area contributed by atoms with Crippen LogP contribution < -0.4 is 15.9 Å². The van der Waals surface area contributed by atoms with Crippen molar-refractivity contribution in [1.29, 1.82) is 0 Å². The summed E-state index contributed by atoms with van der Waals surface area (Å²) in [6, 6.07) is 10.1. The number of amides is 2. The molecule has 0 aliphatic rings. The monoisotopic (exact) mass is 420 g/mol. The predicted octanol–water partition coefficient (Wildman–Crippen LogP) is 1.99. The van der Waals surface area contributed by atoms with Gasteiger partial charge in [-0.3, -0.25) is 19.7 Å². The molecule has 2 aromatic rings. The molecule has 0 aliphatic carbocycles.